The number of Topliss-reactive ketones (excluding diaryl/α,β-unsaturated/α-hetero) is 1. The molecule has 166 valence electrons. The molecule has 7 nitrogen and oxygen atoms in total. The molecule has 0 spiro atoms. The van der Waals surface area contributed by atoms with E-state index in [1.807, 2.05) is 0 Å². The van der Waals surface area contributed by atoms with Crippen molar-refractivity contribution in [1.29, 1.82) is 0 Å². The highest BCUT2D eigenvalue weighted by Gasteiger charge is 2.48. The van der Waals surface area contributed by atoms with Crippen molar-refractivity contribution in [1.82, 2.24) is 4.90 Å². The van der Waals surface area contributed by atoms with Gasteiger partial charge in [-0.3, -0.25) is 14.4 Å². The number of nitrogens with two attached hydrogens (primary N) is 1. The zero-order chi connectivity index (χ0) is 21.2. The molecule has 30 heavy (non-hydrogen) atoms. The molecular weight excluding hydrogens is 422 g/mol. The van der Waals surface area contributed by atoms with Gasteiger partial charge in [-0.1, -0.05) is 12.1 Å². The summed E-state index contributed by atoms with van der Waals surface area (Å²) in [6, 6.07) is 5.07. The summed E-state index contributed by atoms with van der Waals surface area (Å²) in [7, 11) is 0. The standard InChI is InChI=1S/C20H24F2N2O5.ClH/c21-20(22)6-5-14(15(11-20)19(27)28)17(25)16(23)12-1-3-13(4-2-12)18(26)24-7-9-29-10-8-24;/h1-4,14-16H,5-11,23H2,(H,27,28);1H. The molecule has 1 amide bonds. The monoisotopic (exact) mass is 446 g/mol. The van der Waals surface area contributed by atoms with Crippen LogP contribution in [0.3, 0.4) is 0 Å². The second-order valence-electron chi connectivity index (χ2n) is 7.56. The Morgan fingerprint density at radius 3 is 2.30 bits per heavy atom. The summed E-state index contributed by atoms with van der Waals surface area (Å²) in [5.41, 5.74) is 6.88. The number of hydrogen-bond donors (Lipinski definition) is 2. The molecule has 1 saturated heterocycles. The van der Waals surface area contributed by atoms with Crippen molar-refractivity contribution >= 4 is 30.1 Å². The Morgan fingerprint density at radius 1 is 1.13 bits per heavy atom. The number of ether oxygens (including phenoxy) is 1. The number of alkyl halides is 2. The van der Waals surface area contributed by atoms with Gasteiger partial charge < -0.3 is 20.5 Å². The maximum atomic E-state index is 13.6. The van der Waals surface area contributed by atoms with Gasteiger partial charge in [0.1, 0.15) is 0 Å². The molecule has 2 fully saturated rings. The maximum Gasteiger partial charge on any atom is 0.307 e. The molecule has 0 bridgehead atoms. The fourth-order valence-electron chi connectivity index (χ4n) is 3.91. The molecule has 3 unspecified atom stereocenters. The van der Waals surface area contributed by atoms with Crippen molar-refractivity contribution in [3.05, 3.63) is 35.4 Å². The Hall–Kier alpha value is -2.10. The lowest BCUT2D eigenvalue weighted by atomic mass is 9.73. The highest BCUT2D eigenvalue weighted by atomic mass is 35.5. The minimum absolute atomic E-state index is 0. The van der Waals surface area contributed by atoms with Gasteiger partial charge in [0, 0.05) is 37.4 Å². The quantitative estimate of drug-likeness (QED) is 0.718. The number of aliphatic carboxylic acids is 1. The van der Waals surface area contributed by atoms with Crippen LogP contribution in [0.5, 0.6) is 0 Å². The van der Waals surface area contributed by atoms with E-state index in [4.69, 9.17) is 10.5 Å². The molecular formula is C20H25ClF2N2O5. The third-order valence-electron chi connectivity index (χ3n) is 5.63. The van der Waals surface area contributed by atoms with Gasteiger partial charge in [0.05, 0.1) is 25.2 Å². The Labute approximate surface area is 179 Å². The van der Waals surface area contributed by atoms with Gasteiger partial charge in [0.2, 0.25) is 5.92 Å². The summed E-state index contributed by atoms with van der Waals surface area (Å²) < 4.78 is 32.4. The summed E-state index contributed by atoms with van der Waals surface area (Å²) in [6.45, 7) is 1.96. The SMILES string of the molecule is Cl.NC(C(=O)C1CCC(F)(F)CC1C(=O)O)c1ccc(C(=O)N2CCOCC2)cc1. The Kier molecular flexibility index (Phi) is 7.90. The third-order valence-corrected chi connectivity index (χ3v) is 5.63. The zero-order valence-corrected chi connectivity index (χ0v) is 17.1. The van der Waals surface area contributed by atoms with E-state index in [0.717, 1.165) is 0 Å². The molecule has 1 aliphatic carbocycles. The first-order valence-corrected chi connectivity index (χ1v) is 9.56. The number of morpholine rings is 1. The van der Waals surface area contributed by atoms with E-state index in [2.05, 4.69) is 0 Å². The van der Waals surface area contributed by atoms with Crippen LogP contribution in [0.4, 0.5) is 8.78 Å². The van der Waals surface area contributed by atoms with E-state index in [1.165, 1.54) is 0 Å². The minimum Gasteiger partial charge on any atom is -0.481 e. The number of benzene rings is 1. The second kappa shape index (κ2) is 9.80. The molecule has 3 rings (SSSR count). The molecule has 3 atom stereocenters. The van der Waals surface area contributed by atoms with E-state index in [1.54, 1.807) is 29.2 Å². The molecule has 2 aliphatic rings. The molecule has 1 heterocycles. The summed E-state index contributed by atoms with van der Waals surface area (Å²) >= 11 is 0. The first-order chi connectivity index (χ1) is 13.7. The van der Waals surface area contributed by atoms with Crippen LogP contribution in [-0.4, -0.2) is 59.9 Å². The van der Waals surface area contributed by atoms with Gasteiger partial charge in [0.25, 0.3) is 5.91 Å². The van der Waals surface area contributed by atoms with Crippen LogP contribution in [-0.2, 0) is 14.3 Å². The highest BCUT2D eigenvalue weighted by molar-refractivity contribution is 5.95. The number of rotatable bonds is 5. The van der Waals surface area contributed by atoms with E-state index < -0.39 is 48.4 Å². The van der Waals surface area contributed by atoms with E-state index in [-0.39, 0.29) is 24.7 Å². The van der Waals surface area contributed by atoms with Crippen molar-refractivity contribution in [2.75, 3.05) is 26.3 Å². The van der Waals surface area contributed by atoms with Gasteiger partial charge in [-0.05, 0) is 24.1 Å². The van der Waals surface area contributed by atoms with Crippen LogP contribution < -0.4 is 5.73 Å². The Morgan fingerprint density at radius 2 is 1.73 bits per heavy atom. The van der Waals surface area contributed by atoms with E-state index in [0.29, 0.717) is 37.4 Å². The predicted octanol–water partition coefficient (Wildman–Crippen LogP) is 2.29. The van der Waals surface area contributed by atoms with Crippen molar-refractivity contribution in [2.24, 2.45) is 17.6 Å². The van der Waals surface area contributed by atoms with Crippen LogP contribution in [0.2, 0.25) is 0 Å². The summed E-state index contributed by atoms with van der Waals surface area (Å²) in [5.74, 6) is -7.75. The largest absolute Gasteiger partial charge is 0.481 e. The fraction of sp³-hybridized carbons (Fsp3) is 0.550. The third kappa shape index (κ3) is 5.33. The molecule has 0 aromatic heterocycles. The van der Waals surface area contributed by atoms with Crippen LogP contribution in [0, 0.1) is 11.8 Å². The summed E-state index contributed by atoms with van der Waals surface area (Å²) in [5, 5.41) is 9.29. The number of carboxylic acid groups (broad SMARTS) is 1. The van der Waals surface area contributed by atoms with Gasteiger partial charge in [-0.15, -0.1) is 12.4 Å². The van der Waals surface area contributed by atoms with Crippen molar-refractivity contribution in [3.63, 3.8) is 0 Å². The van der Waals surface area contributed by atoms with Gasteiger partial charge >= 0.3 is 5.97 Å². The number of ketones is 1. The number of carbonyl (C=O) groups is 3. The molecule has 1 saturated carbocycles. The number of nitrogens with zero attached hydrogens (tertiary/aromatic N) is 1. The summed E-state index contributed by atoms with van der Waals surface area (Å²) in [4.78, 5) is 38.3. The Bertz CT molecular complexity index is 784. The smallest absolute Gasteiger partial charge is 0.307 e. The van der Waals surface area contributed by atoms with E-state index in [9.17, 15) is 28.3 Å². The average molecular weight is 447 g/mol. The van der Waals surface area contributed by atoms with Crippen LogP contribution in [0.1, 0.15) is 41.2 Å². The number of carbonyl (C=O) groups excluding carboxylic acids is 2. The lowest BCUT2D eigenvalue weighted by molar-refractivity contribution is -0.157. The summed E-state index contributed by atoms with van der Waals surface area (Å²) in [6.07, 6.45) is -1.62. The number of hydrogen-bond acceptors (Lipinski definition) is 5. The second-order valence-corrected chi connectivity index (χ2v) is 7.56. The average Bonchev–Trinajstić information content (AvgIpc) is 2.72. The predicted molar refractivity (Wildman–Crippen MR) is 106 cm³/mol. The van der Waals surface area contributed by atoms with Crippen LogP contribution >= 0.6 is 12.4 Å². The van der Waals surface area contributed by atoms with Crippen LogP contribution in [0.15, 0.2) is 24.3 Å². The highest BCUT2D eigenvalue weighted by Crippen LogP contribution is 2.42. The maximum absolute atomic E-state index is 13.6. The Balaban J connectivity index is 0.00000320. The normalized spacial score (nSPS) is 24.4. The number of amides is 1. The van der Waals surface area contributed by atoms with E-state index >= 15 is 0 Å². The van der Waals surface area contributed by atoms with Crippen molar-refractivity contribution < 1.29 is 33.0 Å². The van der Waals surface area contributed by atoms with Gasteiger partial charge in [-0.25, -0.2) is 8.78 Å². The molecule has 10 heteroatoms. The number of carboxylic acids is 1. The molecule has 1 aromatic rings. The first-order valence-electron chi connectivity index (χ1n) is 9.56. The number of halogens is 3. The molecule has 0 radical (unpaired) electrons. The van der Waals surface area contributed by atoms with Crippen molar-refractivity contribution in [2.45, 2.75) is 31.2 Å². The molecule has 1 aliphatic heterocycles. The molecule has 1 aromatic carbocycles. The zero-order valence-electron chi connectivity index (χ0n) is 16.3. The van der Waals surface area contributed by atoms with Crippen LogP contribution in [0.25, 0.3) is 0 Å². The topological polar surface area (TPSA) is 110 Å². The minimum atomic E-state index is -3.09. The van der Waals surface area contributed by atoms with Gasteiger partial charge in [0.15, 0.2) is 5.78 Å². The molecule has 3 N–H and O–H groups in total. The fourth-order valence-corrected chi connectivity index (χ4v) is 3.91. The lowest BCUT2D eigenvalue weighted by Gasteiger charge is -2.34. The van der Waals surface area contributed by atoms with Crippen molar-refractivity contribution in [3.8, 4) is 0 Å². The van der Waals surface area contributed by atoms with Gasteiger partial charge in [-0.2, -0.15) is 0 Å². The lowest BCUT2D eigenvalue weighted by Crippen LogP contribution is -2.43. The first kappa shape index (κ1) is 24.2.